The van der Waals surface area contributed by atoms with E-state index in [1.54, 1.807) is 41.3 Å². The van der Waals surface area contributed by atoms with Crippen molar-refractivity contribution in [2.45, 2.75) is 51.3 Å². The first-order valence-corrected chi connectivity index (χ1v) is 12.4. The molecule has 3 N–H and O–H groups in total. The summed E-state index contributed by atoms with van der Waals surface area (Å²) in [7, 11) is 0. The number of benzene rings is 2. The molecule has 0 radical (unpaired) electrons. The van der Waals surface area contributed by atoms with Crippen molar-refractivity contribution in [3.63, 3.8) is 0 Å². The van der Waals surface area contributed by atoms with Crippen molar-refractivity contribution < 1.29 is 23.9 Å². The Hall–Kier alpha value is -3.65. The summed E-state index contributed by atoms with van der Waals surface area (Å²) in [6.07, 6.45) is 0.673. The minimum atomic E-state index is -0.921. The number of likely N-dealkylation sites (tertiary alicyclic amines) is 1. The van der Waals surface area contributed by atoms with Gasteiger partial charge in [0, 0.05) is 24.0 Å². The Morgan fingerprint density at radius 1 is 1.08 bits per heavy atom. The molecule has 4 rings (SSSR count). The first kappa shape index (κ1) is 25.4. The lowest BCUT2D eigenvalue weighted by atomic mass is 10.0. The van der Waals surface area contributed by atoms with Crippen LogP contribution in [0.15, 0.2) is 65.1 Å². The van der Waals surface area contributed by atoms with Gasteiger partial charge in [-0.3, -0.25) is 14.4 Å². The zero-order valence-corrected chi connectivity index (χ0v) is 20.6. The van der Waals surface area contributed by atoms with Crippen molar-refractivity contribution in [3.05, 3.63) is 72.0 Å². The lowest BCUT2D eigenvalue weighted by Gasteiger charge is -2.27. The maximum Gasteiger partial charge on any atom is 0.287 e. The van der Waals surface area contributed by atoms with E-state index in [1.165, 1.54) is 0 Å². The standard InChI is InChI=1S/C28H33N3O5/c1-18(2)15-22(30-27(34)25-16-20-11-6-7-13-24(20)36-25)26(33)29-21-12-8-14-31(17-23(21)32)28(35)19-9-4-3-5-10-19/h3-7,9-11,13,16,18,21-23,32H,8,12,14-15,17H2,1-2H3,(H,29,33)(H,30,34)/t21?,22?,23-/m0/s1. The third-order valence-electron chi connectivity index (χ3n) is 6.43. The van der Waals surface area contributed by atoms with Gasteiger partial charge in [-0.1, -0.05) is 50.2 Å². The number of β-amino-alcohol motifs (C(OH)–C–C–N with tert-alkyl or cyclic N) is 1. The number of furan rings is 1. The lowest BCUT2D eigenvalue weighted by molar-refractivity contribution is -0.125. The molecule has 1 fully saturated rings. The largest absolute Gasteiger partial charge is 0.451 e. The van der Waals surface area contributed by atoms with Crippen LogP contribution < -0.4 is 10.6 Å². The molecule has 3 aromatic rings. The Bertz CT molecular complexity index is 1170. The zero-order valence-electron chi connectivity index (χ0n) is 20.6. The summed E-state index contributed by atoms with van der Waals surface area (Å²) >= 11 is 0. The first-order chi connectivity index (χ1) is 17.3. The van der Waals surface area contributed by atoms with E-state index in [1.807, 2.05) is 38.1 Å². The molecule has 0 spiro atoms. The summed E-state index contributed by atoms with van der Waals surface area (Å²) in [5.41, 5.74) is 1.17. The summed E-state index contributed by atoms with van der Waals surface area (Å²) in [5.74, 6) is -0.678. The number of hydrogen-bond donors (Lipinski definition) is 3. The molecule has 1 saturated heterocycles. The third-order valence-corrected chi connectivity index (χ3v) is 6.43. The molecule has 190 valence electrons. The number of fused-ring (bicyclic) bond motifs is 1. The van der Waals surface area contributed by atoms with Gasteiger partial charge in [-0.25, -0.2) is 0 Å². The van der Waals surface area contributed by atoms with Crippen molar-refractivity contribution in [3.8, 4) is 0 Å². The van der Waals surface area contributed by atoms with E-state index < -0.39 is 24.1 Å². The molecule has 0 saturated carbocycles. The molecule has 2 unspecified atom stereocenters. The van der Waals surface area contributed by atoms with E-state index in [0.717, 1.165) is 5.39 Å². The number of nitrogens with zero attached hydrogens (tertiary/aromatic N) is 1. The van der Waals surface area contributed by atoms with Crippen LogP contribution in [-0.2, 0) is 4.79 Å². The summed E-state index contributed by atoms with van der Waals surface area (Å²) in [4.78, 5) is 40.6. The van der Waals surface area contributed by atoms with Crippen LogP contribution in [0.2, 0.25) is 0 Å². The predicted molar refractivity (Wildman–Crippen MR) is 136 cm³/mol. The number of amides is 3. The number of aliphatic hydroxyl groups is 1. The number of aliphatic hydroxyl groups excluding tert-OH is 1. The highest BCUT2D eigenvalue weighted by molar-refractivity contribution is 5.98. The van der Waals surface area contributed by atoms with Crippen LogP contribution in [0.25, 0.3) is 11.0 Å². The van der Waals surface area contributed by atoms with Gasteiger partial charge in [-0.05, 0) is 49.4 Å². The van der Waals surface area contributed by atoms with Crippen LogP contribution in [0.3, 0.4) is 0 Å². The van der Waals surface area contributed by atoms with Crippen LogP contribution in [0.5, 0.6) is 0 Å². The van der Waals surface area contributed by atoms with Crippen molar-refractivity contribution in [2.75, 3.05) is 13.1 Å². The van der Waals surface area contributed by atoms with Crippen LogP contribution in [0, 0.1) is 5.92 Å². The van der Waals surface area contributed by atoms with E-state index in [-0.39, 0.29) is 30.0 Å². The van der Waals surface area contributed by atoms with E-state index in [0.29, 0.717) is 37.0 Å². The van der Waals surface area contributed by atoms with E-state index >= 15 is 0 Å². The Labute approximate surface area is 210 Å². The number of carbonyl (C=O) groups is 3. The molecule has 3 atom stereocenters. The maximum atomic E-state index is 13.2. The van der Waals surface area contributed by atoms with E-state index in [2.05, 4.69) is 10.6 Å². The van der Waals surface area contributed by atoms with Gasteiger partial charge in [0.2, 0.25) is 5.91 Å². The summed E-state index contributed by atoms with van der Waals surface area (Å²) in [6, 6.07) is 16.6. The monoisotopic (exact) mass is 491 g/mol. The molecule has 36 heavy (non-hydrogen) atoms. The van der Waals surface area contributed by atoms with Gasteiger partial charge in [0.05, 0.1) is 12.1 Å². The van der Waals surface area contributed by atoms with Gasteiger partial charge in [0.25, 0.3) is 11.8 Å². The second-order valence-electron chi connectivity index (χ2n) is 9.75. The molecular weight excluding hydrogens is 458 g/mol. The molecule has 1 aliphatic heterocycles. The molecule has 2 aromatic carbocycles. The molecule has 3 amide bonds. The molecule has 8 heteroatoms. The molecule has 2 heterocycles. The van der Waals surface area contributed by atoms with E-state index in [4.69, 9.17) is 4.42 Å². The highest BCUT2D eigenvalue weighted by Gasteiger charge is 2.32. The Morgan fingerprint density at radius 2 is 1.81 bits per heavy atom. The Kier molecular flexibility index (Phi) is 8.05. The van der Waals surface area contributed by atoms with Gasteiger partial charge >= 0.3 is 0 Å². The van der Waals surface area contributed by atoms with Gasteiger partial charge < -0.3 is 25.1 Å². The summed E-state index contributed by atoms with van der Waals surface area (Å²) in [6.45, 7) is 4.57. The topological polar surface area (TPSA) is 112 Å². The average Bonchev–Trinajstić information content (AvgIpc) is 3.23. The maximum absolute atomic E-state index is 13.2. The van der Waals surface area contributed by atoms with Gasteiger partial charge in [0.1, 0.15) is 11.6 Å². The van der Waals surface area contributed by atoms with Gasteiger partial charge in [-0.2, -0.15) is 0 Å². The number of carbonyl (C=O) groups excluding carboxylic acids is 3. The van der Waals surface area contributed by atoms with Crippen LogP contribution >= 0.6 is 0 Å². The summed E-state index contributed by atoms with van der Waals surface area (Å²) < 4.78 is 5.65. The Morgan fingerprint density at radius 3 is 2.53 bits per heavy atom. The predicted octanol–water partition coefficient (Wildman–Crippen LogP) is 3.36. The average molecular weight is 492 g/mol. The van der Waals surface area contributed by atoms with Gasteiger partial charge in [0.15, 0.2) is 5.76 Å². The second-order valence-corrected chi connectivity index (χ2v) is 9.75. The minimum Gasteiger partial charge on any atom is -0.451 e. The fourth-order valence-electron chi connectivity index (χ4n) is 4.56. The molecule has 1 aromatic heterocycles. The zero-order chi connectivity index (χ0) is 25.7. The lowest BCUT2D eigenvalue weighted by Crippen LogP contribution is -2.54. The van der Waals surface area contributed by atoms with Gasteiger partial charge in [-0.15, -0.1) is 0 Å². The van der Waals surface area contributed by atoms with Crippen LogP contribution in [0.4, 0.5) is 0 Å². The smallest absolute Gasteiger partial charge is 0.287 e. The fourth-order valence-corrected chi connectivity index (χ4v) is 4.56. The normalized spacial score (nSPS) is 19.1. The molecule has 0 bridgehead atoms. The Balaban J connectivity index is 1.41. The second kappa shape index (κ2) is 11.4. The first-order valence-electron chi connectivity index (χ1n) is 12.4. The molecule has 1 aliphatic rings. The van der Waals surface area contributed by atoms with Crippen molar-refractivity contribution in [1.29, 1.82) is 0 Å². The number of nitrogens with one attached hydrogen (secondary N) is 2. The SMILES string of the molecule is CC(C)CC(NC(=O)c1cc2ccccc2o1)C(=O)NC1CCCN(C(=O)c2ccccc2)C[C@@H]1O. The van der Waals surface area contributed by atoms with Crippen LogP contribution in [0.1, 0.15) is 54.0 Å². The van der Waals surface area contributed by atoms with Crippen molar-refractivity contribution in [2.24, 2.45) is 5.92 Å². The fraction of sp³-hybridized carbons (Fsp3) is 0.393. The van der Waals surface area contributed by atoms with Crippen LogP contribution in [-0.4, -0.2) is 59.0 Å². The number of para-hydroxylation sites is 1. The summed E-state index contributed by atoms with van der Waals surface area (Å²) in [5, 5.41) is 17.4. The minimum absolute atomic E-state index is 0.124. The van der Waals surface area contributed by atoms with Crippen molar-refractivity contribution in [1.82, 2.24) is 15.5 Å². The van der Waals surface area contributed by atoms with Crippen molar-refractivity contribution >= 4 is 28.7 Å². The molecule has 8 nitrogen and oxygen atoms in total. The molecular formula is C28H33N3O5. The third kappa shape index (κ3) is 6.12. The number of rotatable bonds is 7. The quantitative estimate of drug-likeness (QED) is 0.469. The highest BCUT2D eigenvalue weighted by Crippen LogP contribution is 2.20. The number of hydrogen-bond acceptors (Lipinski definition) is 5. The highest BCUT2D eigenvalue weighted by atomic mass is 16.3. The molecule has 0 aliphatic carbocycles. The van der Waals surface area contributed by atoms with E-state index in [9.17, 15) is 19.5 Å².